The fraction of sp³-hybridized carbons (Fsp3) is 0.467. The molecule has 0 radical (unpaired) electrons. The molecule has 96 valence electrons. The number of aromatic amines is 1. The number of benzene rings is 1. The number of nitrogens with one attached hydrogen (secondary N) is 2. The maximum atomic E-state index is 9.63. The summed E-state index contributed by atoms with van der Waals surface area (Å²) >= 11 is 0. The summed E-state index contributed by atoms with van der Waals surface area (Å²) in [6.45, 7) is 3.26. The predicted octanol–water partition coefficient (Wildman–Crippen LogP) is 2.73. The van der Waals surface area contributed by atoms with E-state index >= 15 is 0 Å². The molecule has 2 aromatic rings. The predicted molar refractivity (Wildman–Crippen MR) is 74.1 cm³/mol. The molecular weight excluding hydrogens is 224 g/mol. The molecule has 3 N–H and O–H groups in total. The van der Waals surface area contributed by atoms with Gasteiger partial charge in [0.1, 0.15) is 5.75 Å². The first-order valence-corrected chi connectivity index (χ1v) is 6.83. The van der Waals surface area contributed by atoms with Gasteiger partial charge < -0.3 is 15.4 Å². The van der Waals surface area contributed by atoms with Crippen LogP contribution in [0.1, 0.15) is 31.0 Å². The minimum absolute atomic E-state index is 0.353. The Morgan fingerprint density at radius 1 is 1.39 bits per heavy atom. The number of hydrogen-bond donors (Lipinski definition) is 3. The first-order chi connectivity index (χ1) is 8.78. The first-order valence-electron chi connectivity index (χ1n) is 6.83. The number of aromatic hydroxyl groups is 1. The maximum absolute atomic E-state index is 9.63. The molecule has 0 bridgehead atoms. The van der Waals surface area contributed by atoms with E-state index in [-0.39, 0.29) is 0 Å². The van der Waals surface area contributed by atoms with Gasteiger partial charge in [0, 0.05) is 29.1 Å². The molecule has 18 heavy (non-hydrogen) atoms. The van der Waals surface area contributed by atoms with E-state index < -0.39 is 0 Å². The molecule has 3 nitrogen and oxygen atoms in total. The van der Waals surface area contributed by atoms with E-state index in [1.807, 2.05) is 12.1 Å². The van der Waals surface area contributed by atoms with Crippen LogP contribution in [0.25, 0.3) is 10.9 Å². The minimum atomic E-state index is 0.353. The highest BCUT2D eigenvalue weighted by Gasteiger charge is 2.19. The molecule has 0 spiro atoms. The zero-order valence-electron chi connectivity index (χ0n) is 10.8. The van der Waals surface area contributed by atoms with Crippen molar-refractivity contribution in [2.24, 2.45) is 0 Å². The van der Waals surface area contributed by atoms with Gasteiger partial charge in [0.25, 0.3) is 0 Å². The van der Waals surface area contributed by atoms with Crippen molar-refractivity contribution in [1.82, 2.24) is 10.3 Å². The normalized spacial score (nSPS) is 19.7. The topological polar surface area (TPSA) is 48.0 Å². The molecule has 0 amide bonds. The van der Waals surface area contributed by atoms with Gasteiger partial charge in [-0.1, -0.05) is 13.3 Å². The minimum Gasteiger partial charge on any atom is -0.508 e. The van der Waals surface area contributed by atoms with Crippen LogP contribution in [0.5, 0.6) is 5.75 Å². The Bertz CT molecular complexity index is 559. The summed E-state index contributed by atoms with van der Waals surface area (Å²) in [5.74, 6) is 0.353. The van der Waals surface area contributed by atoms with E-state index in [2.05, 4.69) is 17.2 Å². The summed E-state index contributed by atoms with van der Waals surface area (Å²) in [5.41, 5.74) is 3.88. The van der Waals surface area contributed by atoms with Crippen molar-refractivity contribution in [2.45, 2.75) is 38.6 Å². The summed E-state index contributed by atoms with van der Waals surface area (Å²) in [7, 11) is 0. The van der Waals surface area contributed by atoms with Gasteiger partial charge in [-0.15, -0.1) is 0 Å². The number of fused-ring (bicyclic) bond motifs is 3. The highest BCUT2D eigenvalue weighted by molar-refractivity contribution is 5.86. The van der Waals surface area contributed by atoms with Crippen LogP contribution in [0.2, 0.25) is 0 Å². The second-order valence-corrected chi connectivity index (χ2v) is 5.21. The SMILES string of the molecule is CCCC1Cc2[nH]c3ccc(O)cc3c2CCN1. The molecule has 1 unspecified atom stereocenters. The lowest BCUT2D eigenvalue weighted by Gasteiger charge is -2.14. The van der Waals surface area contributed by atoms with Crippen LogP contribution in [0.3, 0.4) is 0 Å². The summed E-state index contributed by atoms with van der Waals surface area (Å²) in [5, 5.41) is 14.4. The summed E-state index contributed by atoms with van der Waals surface area (Å²) in [6.07, 6.45) is 4.55. The van der Waals surface area contributed by atoms with Gasteiger partial charge in [-0.25, -0.2) is 0 Å². The Kier molecular flexibility index (Phi) is 3.00. The van der Waals surface area contributed by atoms with E-state index in [4.69, 9.17) is 0 Å². The van der Waals surface area contributed by atoms with Crippen LogP contribution in [0.4, 0.5) is 0 Å². The van der Waals surface area contributed by atoms with Crippen molar-refractivity contribution < 1.29 is 5.11 Å². The summed E-state index contributed by atoms with van der Waals surface area (Å²) in [6, 6.07) is 6.18. The molecule has 3 rings (SSSR count). The molecule has 0 aliphatic carbocycles. The molecule has 3 heteroatoms. The molecule has 0 saturated heterocycles. The third-order valence-electron chi connectivity index (χ3n) is 3.87. The van der Waals surface area contributed by atoms with Gasteiger partial charge in [0.15, 0.2) is 0 Å². The zero-order chi connectivity index (χ0) is 12.5. The second-order valence-electron chi connectivity index (χ2n) is 5.21. The summed E-state index contributed by atoms with van der Waals surface area (Å²) < 4.78 is 0. The fourth-order valence-electron chi connectivity index (χ4n) is 3.02. The number of rotatable bonds is 2. The number of phenols is 1. The van der Waals surface area contributed by atoms with Crippen LogP contribution >= 0.6 is 0 Å². The van der Waals surface area contributed by atoms with Gasteiger partial charge in [0.2, 0.25) is 0 Å². The van der Waals surface area contributed by atoms with Crippen LogP contribution in [0, 0.1) is 0 Å². The molecule has 1 aliphatic rings. The van der Waals surface area contributed by atoms with E-state index in [9.17, 15) is 5.11 Å². The molecule has 0 fully saturated rings. The van der Waals surface area contributed by atoms with Crippen LogP contribution in [-0.2, 0) is 12.8 Å². The molecule has 1 aromatic carbocycles. The first kappa shape index (κ1) is 11.6. The van der Waals surface area contributed by atoms with Crippen molar-refractivity contribution in [3.8, 4) is 5.75 Å². The van der Waals surface area contributed by atoms with Crippen molar-refractivity contribution in [1.29, 1.82) is 0 Å². The highest BCUT2D eigenvalue weighted by Crippen LogP contribution is 2.28. The van der Waals surface area contributed by atoms with Crippen LogP contribution in [-0.4, -0.2) is 22.7 Å². The number of H-pyrrole nitrogens is 1. The number of phenolic OH excluding ortho intramolecular Hbond substituents is 1. The van der Waals surface area contributed by atoms with Gasteiger partial charge in [-0.3, -0.25) is 0 Å². The van der Waals surface area contributed by atoms with Crippen LogP contribution in [0.15, 0.2) is 18.2 Å². The molecule has 2 heterocycles. The van der Waals surface area contributed by atoms with Crippen molar-refractivity contribution in [3.63, 3.8) is 0 Å². The largest absolute Gasteiger partial charge is 0.508 e. The Hall–Kier alpha value is -1.48. The Balaban J connectivity index is 2.02. The number of hydrogen-bond acceptors (Lipinski definition) is 2. The lowest BCUT2D eigenvalue weighted by atomic mass is 10.0. The maximum Gasteiger partial charge on any atom is 0.116 e. The van der Waals surface area contributed by atoms with Crippen molar-refractivity contribution in [2.75, 3.05) is 6.54 Å². The molecule has 1 aliphatic heterocycles. The lowest BCUT2D eigenvalue weighted by molar-refractivity contribution is 0.476. The van der Waals surface area contributed by atoms with Gasteiger partial charge in [-0.05, 0) is 43.1 Å². The average Bonchev–Trinajstić information content (AvgIpc) is 2.55. The van der Waals surface area contributed by atoms with E-state index in [1.54, 1.807) is 6.07 Å². The standard InChI is InChI=1S/C15H20N2O/c1-2-3-10-8-15-12(6-7-16-10)13-9-11(18)4-5-14(13)17-15/h4-5,9-10,16-18H,2-3,6-8H2,1H3. The Morgan fingerprint density at radius 2 is 2.28 bits per heavy atom. The van der Waals surface area contributed by atoms with E-state index in [0.717, 1.165) is 24.9 Å². The molecule has 0 saturated carbocycles. The molecule has 1 aromatic heterocycles. The van der Waals surface area contributed by atoms with Gasteiger partial charge in [0.05, 0.1) is 0 Å². The van der Waals surface area contributed by atoms with Crippen LogP contribution < -0.4 is 5.32 Å². The van der Waals surface area contributed by atoms with E-state index in [1.165, 1.54) is 29.5 Å². The smallest absolute Gasteiger partial charge is 0.116 e. The third-order valence-corrected chi connectivity index (χ3v) is 3.87. The van der Waals surface area contributed by atoms with Gasteiger partial charge >= 0.3 is 0 Å². The van der Waals surface area contributed by atoms with E-state index in [0.29, 0.717) is 11.8 Å². The van der Waals surface area contributed by atoms with Crippen molar-refractivity contribution >= 4 is 10.9 Å². The molecular formula is C15H20N2O. The van der Waals surface area contributed by atoms with Gasteiger partial charge in [-0.2, -0.15) is 0 Å². The zero-order valence-corrected chi connectivity index (χ0v) is 10.8. The summed E-state index contributed by atoms with van der Waals surface area (Å²) in [4.78, 5) is 3.52. The Labute approximate surface area is 107 Å². The average molecular weight is 244 g/mol. The van der Waals surface area contributed by atoms with Crippen molar-refractivity contribution in [3.05, 3.63) is 29.5 Å². The highest BCUT2D eigenvalue weighted by atomic mass is 16.3. The number of aromatic nitrogens is 1. The third kappa shape index (κ3) is 1.99. The second kappa shape index (κ2) is 4.65. The Morgan fingerprint density at radius 3 is 3.11 bits per heavy atom. The monoisotopic (exact) mass is 244 g/mol. The molecule has 1 atom stereocenters. The fourth-order valence-corrected chi connectivity index (χ4v) is 3.02. The quantitative estimate of drug-likeness (QED) is 0.760. The lowest BCUT2D eigenvalue weighted by Crippen LogP contribution is -2.30.